The van der Waals surface area contributed by atoms with Crippen molar-refractivity contribution in [3.63, 3.8) is 0 Å². The van der Waals surface area contributed by atoms with Crippen LogP contribution in [0.15, 0.2) is 66.0 Å². The normalized spacial score (nSPS) is 11.8. The lowest BCUT2D eigenvalue weighted by Gasteiger charge is -2.14. The molecule has 2 N–H and O–H groups in total. The van der Waals surface area contributed by atoms with Crippen LogP contribution in [0.25, 0.3) is 23.1 Å². The minimum atomic E-state index is -3.48. The van der Waals surface area contributed by atoms with Gasteiger partial charge in [0.2, 0.25) is 10.0 Å². The zero-order valence-corrected chi connectivity index (χ0v) is 19.3. The Morgan fingerprint density at radius 3 is 2.52 bits per heavy atom. The number of aromatic nitrogens is 2. The summed E-state index contributed by atoms with van der Waals surface area (Å²) in [6.45, 7) is 2.03. The van der Waals surface area contributed by atoms with Crippen LogP contribution in [0.5, 0.6) is 0 Å². The van der Waals surface area contributed by atoms with Crippen molar-refractivity contribution in [2.75, 3.05) is 19.4 Å². The number of fused-ring (bicyclic) bond motifs is 1. The molecule has 0 spiro atoms. The van der Waals surface area contributed by atoms with E-state index in [1.165, 1.54) is 24.6 Å². The van der Waals surface area contributed by atoms with Gasteiger partial charge < -0.3 is 10.3 Å². The van der Waals surface area contributed by atoms with Gasteiger partial charge in [-0.15, -0.1) is 0 Å². The third-order valence-corrected chi connectivity index (χ3v) is 7.30. The highest BCUT2D eigenvalue weighted by atomic mass is 32.2. The first-order valence-corrected chi connectivity index (χ1v) is 11.7. The van der Waals surface area contributed by atoms with E-state index in [1.54, 1.807) is 30.5 Å². The van der Waals surface area contributed by atoms with Crippen molar-refractivity contribution >= 4 is 44.5 Å². The van der Waals surface area contributed by atoms with E-state index in [2.05, 4.69) is 21.4 Å². The maximum atomic E-state index is 12.3. The van der Waals surface area contributed by atoms with Gasteiger partial charge in [-0.3, -0.25) is 4.98 Å². The van der Waals surface area contributed by atoms with Crippen LogP contribution in [-0.2, 0) is 10.0 Å². The molecule has 0 aliphatic heterocycles. The minimum Gasteiger partial charge on any atom is -0.361 e. The largest absolute Gasteiger partial charge is 0.361 e. The highest BCUT2D eigenvalue weighted by molar-refractivity contribution is 7.89. The van der Waals surface area contributed by atoms with E-state index in [0.29, 0.717) is 11.3 Å². The number of hydrogen-bond acceptors (Lipinski definition) is 5. The summed E-state index contributed by atoms with van der Waals surface area (Å²) in [6.07, 6.45) is 8.84. The molecule has 0 radical (unpaired) electrons. The average Bonchev–Trinajstić information content (AvgIpc) is 3.30. The number of nitrogens with one attached hydrogen (secondary N) is 2. The lowest BCUT2D eigenvalue weighted by Crippen LogP contribution is -2.22. The van der Waals surface area contributed by atoms with Gasteiger partial charge in [0, 0.05) is 54.8 Å². The summed E-state index contributed by atoms with van der Waals surface area (Å²) in [6, 6.07) is 14.8. The fraction of sp³-hybridized carbons (Fsp3) is 0.120. The fourth-order valence-corrected chi connectivity index (χ4v) is 4.43. The molecule has 4 aromatic rings. The molecule has 4 rings (SSSR count). The highest BCUT2D eigenvalue weighted by Gasteiger charge is 2.16. The van der Waals surface area contributed by atoms with Crippen molar-refractivity contribution in [1.82, 2.24) is 14.3 Å². The van der Waals surface area contributed by atoms with Gasteiger partial charge in [-0.05, 0) is 48.4 Å². The highest BCUT2D eigenvalue weighted by Crippen LogP contribution is 2.31. The second kappa shape index (κ2) is 8.90. The van der Waals surface area contributed by atoms with Crippen molar-refractivity contribution in [3.8, 4) is 6.07 Å². The molecule has 2 aromatic carbocycles. The van der Waals surface area contributed by atoms with Gasteiger partial charge in [0.1, 0.15) is 6.07 Å². The van der Waals surface area contributed by atoms with E-state index < -0.39 is 10.0 Å². The second-order valence-electron chi connectivity index (χ2n) is 7.75. The lowest BCUT2D eigenvalue weighted by atomic mass is 10.1. The summed E-state index contributed by atoms with van der Waals surface area (Å²) < 4.78 is 25.7. The van der Waals surface area contributed by atoms with Crippen LogP contribution in [0.3, 0.4) is 0 Å². The summed E-state index contributed by atoms with van der Waals surface area (Å²) >= 11 is 0. The molecule has 8 heteroatoms. The van der Waals surface area contributed by atoms with Crippen LogP contribution in [0.1, 0.15) is 22.3 Å². The number of anilines is 2. The Kier molecular flexibility index (Phi) is 6.01. The third kappa shape index (κ3) is 4.37. The van der Waals surface area contributed by atoms with E-state index >= 15 is 0 Å². The quantitative estimate of drug-likeness (QED) is 0.428. The molecule has 0 atom stereocenters. The van der Waals surface area contributed by atoms with Crippen LogP contribution in [0.4, 0.5) is 11.4 Å². The molecule has 0 amide bonds. The van der Waals surface area contributed by atoms with Crippen LogP contribution in [-0.4, -0.2) is 36.8 Å². The zero-order chi connectivity index (χ0) is 23.6. The van der Waals surface area contributed by atoms with E-state index in [1.807, 2.05) is 43.5 Å². The first-order chi connectivity index (χ1) is 15.8. The summed E-state index contributed by atoms with van der Waals surface area (Å²) in [4.78, 5) is 7.63. The Hall–Kier alpha value is -3.93. The van der Waals surface area contributed by atoms with Crippen molar-refractivity contribution in [1.29, 1.82) is 5.26 Å². The maximum Gasteiger partial charge on any atom is 0.242 e. The number of pyridine rings is 1. The molecule has 0 saturated heterocycles. The molecule has 7 nitrogen and oxygen atoms in total. The zero-order valence-electron chi connectivity index (χ0n) is 18.5. The molecule has 2 heterocycles. The summed E-state index contributed by atoms with van der Waals surface area (Å²) in [5.74, 6) is 0. The molecular weight excluding hydrogens is 434 g/mol. The number of aryl methyl sites for hydroxylation is 1. The first-order valence-electron chi connectivity index (χ1n) is 10.2. The fourth-order valence-electron chi connectivity index (χ4n) is 3.53. The molecule has 33 heavy (non-hydrogen) atoms. The molecule has 0 unspecified atom stereocenters. The predicted molar refractivity (Wildman–Crippen MR) is 132 cm³/mol. The molecule has 0 aliphatic carbocycles. The standard InChI is InChI=1S/C25H23N5O2S/c1-17-22-12-13-28-24(22)11-10-23(17)29-25-19(15-27-16-20(25)14-26)7-4-18-5-8-21(9-6-18)33(31,32)30(2)3/h4-13,15-16,28H,1-3H3,(H,27,29)/b7-4+. The number of H-pyrrole nitrogens is 1. The number of benzene rings is 2. The van der Waals surface area contributed by atoms with Gasteiger partial charge in [0.15, 0.2) is 0 Å². The first kappa shape index (κ1) is 22.3. The van der Waals surface area contributed by atoms with Gasteiger partial charge in [-0.1, -0.05) is 24.3 Å². The van der Waals surface area contributed by atoms with Gasteiger partial charge in [-0.2, -0.15) is 5.26 Å². The molecular formula is C25H23N5O2S. The lowest BCUT2D eigenvalue weighted by molar-refractivity contribution is 0.521. The maximum absolute atomic E-state index is 12.3. The van der Waals surface area contributed by atoms with Gasteiger partial charge in [0.25, 0.3) is 0 Å². The summed E-state index contributed by atoms with van der Waals surface area (Å²) in [5, 5.41) is 14.2. The van der Waals surface area contributed by atoms with Crippen molar-refractivity contribution < 1.29 is 8.42 Å². The Bertz CT molecular complexity index is 1490. The van der Waals surface area contributed by atoms with E-state index in [4.69, 9.17) is 0 Å². The number of hydrogen-bond donors (Lipinski definition) is 2. The van der Waals surface area contributed by atoms with E-state index in [-0.39, 0.29) is 4.90 Å². The van der Waals surface area contributed by atoms with Gasteiger partial charge in [-0.25, -0.2) is 12.7 Å². The number of nitrogens with zero attached hydrogens (tertiary/aromatic N) is 3. The Labute approximate surface area is 193 Å². The Balaban J connectivity index is 1.67. The van der Waals surface area contributed by atoms with Crippen molar-refractivity contribution in [2.45, 2.75) is 11.8 Å². The number of aromatic amines is 1. The molecule has 2 aromatic heterocycles. The SMILES string of the molecule is Cc1c(Nc2c(C#N)cncc2/C=C/c2ccc(S(=O)(=O)N(C)C)cc2)ccc2[nH]ccc12. The molecule has 0 fully saturated rings. The van der Waals surface area contributed by atoms with Gasteiger partial charge >= 0.3 is 0 Å². The monoisotopic (exact) mass is 457 g/mol. The topological polar surface area (TPSA) is 102 Å². The number of nitriles is 1. The second-order valence-corrected chi connectivity index (χ2v) is 9.91. The van der Waals surface area contributed by atoms with Crippen LogP contribution in [0.2, 0.25) is 0 Å². The molecule has 0 saturated carbocycles. The minimum absolute atomic E-state index is 0.232. The van der Waals surface area contributed by atoms with E-state index in [9.17, 15) is 13.7 Å². The van der Waals surface area contributed by atoms with Crippen molar-refractivity contribution in [2.24, 2.45) is 0 Å². The summed E-state index contributed by atoms with van der Waals surface area (Å²) in [7, 11) is -0.471. The van der Waals surface area contributed by atoms with Crippen LogP contribution < -0.4 is 5.32 Å². The van der Waals surface area contributed by atoms with Crippen LogP contribution >= 0.6 is 0 Å². The van der Waals surface area contributed by atoms with Crippen molar-refractivity contribution in [3.05, 3.63) is 83.3 Å². The molecule has 166 valence electrons. The van der Waals surface area contributed by atoms with Gasteiger partial charge in [0.05, 0.1) is 16.1 Å². The Morgan fingerprint density at radius 2 is 1.82 bits per heavy atom. The smallest absolute Gasteiger partial charge is 0.242 e. The number of sulfonamides is 1. The number of rotatable bonds is 6. The average molecular weight is 458 g/mol. The predicted octanol–water partition coefficient (Wildman–Crippen LogP) is 4.91. The molecule has 0 bridgehead atoms. The van der Waals surface area contributed by atoms with E-state index in [0.717, 1.165) is 33.3 Å². The Morgan fingerprint density at radius 1 is 1.06 bits per heavy atom. The third-order valence-electron chi connectivity index (χ3n) is 5.47. The molecule has 0 aliphatic rings. The van der Waals surface area contributed by atoms with Crippen LogP contribution in [0, 0.1) is 18.3 Å². The summed E-state index contributed by atoms with van der Waals surface area (Å²) in [5.41, 5.74) is 5.68.